The molecule has 0 heterocycles. The van der Waals surface area contributed by atoms with Crippen molar-refractivity contribution >= 4 is 14.1 Å². The van der Waals surface area contributed by atoms with Gasteiger partial charge in [0, 0.05) is 0 Å². The van der Waals surface area contributed by atoms with Gasteiger partial charge in [-0.2, -0.15) is 0 Å². The number of hydrogen-bond donors (Lipinski definition) is 0. The minimum Gasteiger partial charge on any atom is -0.0944 e. The minimum absolute atomic E-state index is 1.06. The lowest BCUT2D eigenvalue weighted by atomic mass is 10.1. The van der Waals surface area contributed by atoms with Gasteiger partial charge in [0.1, 0.15) is 0 Å². The van der Waals surface area contributed by atoms with Crippen LogP contribution in [0.5, 0.6) is 0 Å². The highest BCUT2D eigenvalue weighted by atomic mass is 28.3. The van der Waals surface area contributed by atoms with Gasteiger partial charge in [0.05, 0.1) is 8.07 Å². The van der Waals surface area contributed by atoms with Crippen LogP contribution >= 0.6 is 0 Å². The molecule has 0 nitrogen and oxygen atoms in total. The first kappa shape index (κ1) is 11.3. The zero-order valence-corrected chi connectivity index (χ0v) is 10.9. The zero-order chi connectivity index (χ0) is 10.8. The fraction of sp³-hybridized carbons (Fsp3) is 0.385. The van der Waals surface area contributed by atoms with Gasteiger partial charge in [0.2, 0.25) is 0 Å². The van der Waals surface area contributed by atoms with Crippen LogP contribution in [0.2, 0.25) is 19.6 Å². The molecular weight excluding hydrogens is 184 g/mol. The van der Waals surface area contributed by atoms with E-state index in [-0.39, 0.29) is 0 Å². The maximum absolute atomic E-state index is 2.40. The summed E-state index contributed by atoms with van der Waals surface area (Å²) >= 11 is 0. The van der Waals surface area contributed by atoms with Crippen LogP contribution < -0.4 is 0 Å². The molecule has 0 N–H and O–H groups in total. The monoisotopic (exact) mass is 204 g/mol. The van der Waals surface area contributed by atoms with E-state index in [1.54, 1.807) is 0 Å². The van der Waals surface area contributed by atoms with Crippen molar-refractivity contribution in [2.24, 2.45) is 0 Å². The Balaban J connectivity index is 2.97. The Bertz CT molecular complexity index is 343. The molecule has 0 saturated heterocycles. The van der Waals surface area contributed by atoms with E-state index in [0.29, 0.717) is 0 Å². The summed E-state index contributed by atoms with van der Waals surface area (Å²) in [5, 5.41) is 0. The van der Waals surface area contributed by atoms with Crippen molar-refractivity contribution in [1.82, 2.24) is 0 Å². The van der Waals surface area contributed by atoms with Crippen molar-refractivity contribution < 1.29 is 0 Å². The van der Waals surface area contributed by atoms with E-state index in [4.69, 9.17) is 0 Å². The van der Waals surface area contributed by atoms with E-state index in [2.05, 4.69) is 63.5 Å². The molecular formula is C13H20Si. The van der Waals surface area contributed by atoms with Gasteiger partial charge < -0.3 is 0 Å². The third kappa shape index (κ3) is 3.50. The summed E-state index contributed by atoms with van der Waals surface area (Å²) in [7, 11) is -1.06. The molecule has 0 unspecified atom stereocenters. The van der Waals surface area contributed by atoms with Crippen molar-refractivity contribution in [3.8, 4) is 0 Å². The molecule has 1 aromatic carbocycles. The second-order valence-electron chi connectivity index (χ2n) is 5.06. The van der Waals surface area contributed by atoms with Crippen LogP contribution in [0, 0.1) is 13.8 Å². The van der Waals surface area contributed by atoms with Crippen molar-refractivity contribution in [3.05, 3.63) is 40.6 Å². The molecule has 76 valence electrons. The van der Waals surface area contributed by atoms with Gasteiger partial charge in [-0.05, 0) is 25.0 Å². The molecule has 1 heteroatoms. The van der Waals surface area contributed by atoms with Crippen LogP contribution in [0.15, 0.2) is 23.9 Å². The molecule has 0 spiro atoms. The van der Waals surface area contributed by atoms with E-state index in [1.807, 2.05) is 0 Å². The molecule has 14 heavy (non-hydrogen) atoms. The van der Waals surface area contributed by atoms with Gasteiger partial charge in [-0.3, -0.25) is 0 Å². The smallest absolute Gasteiger partial charge is 0.0687 e. The van der Waals surface area contributed by atoms with Crippen LogP contribution in [0.1, 0.15) is 16.7 Å². The van der Waals surface area contributed by atoms with Crippen molar-refractivity contribution in [3.63, 3.8) is 0 Å². The standard InChI is InChI=1S/C13H20Si/c1-11-6-7-12(2)13(10-11)8-9-14(3,4)5/h6-10H,1-5H3/b9-8+. The maximum Gasteiger partial charge on any atom is 0.0687 e. The average Bonchev–Trinajstić information content (AvgIpc) is 2.05. The largest absolute Gasteiger partial charge is 0.0944 e. The maximum atomic E-state index is 2.40. The van der Waals surface area contributed by atoms with Gasteiger partial charge in [0.25, 0.3) is 0 Å². The SMILES string of the molecule is Cc1ccc(C)c(/C=C/[Si](C)(C)C)c1. The molecule has 0 aliphatic rings. The molecule has 0 radical (unpaired) electrons. The molecule has 0 bridgehead atoms. The zero-order valence-electron chi connectivity index (χ0n) is 9.89. The van der Waals surface area contributed by atoms with Gasteiger partial charge in [-0.25, -0.2) is 0 Å². The van der Waals surface area contributed by atoms with Gasteiger partial charge >= 0.3 is 0 Å². The van der Waals surface area contributed by atoms with Crippen molar-refractivity contribution in [1.29, 1.82) is 0 Å². The topological polar surface area (TPSA) is 0 Å². The van der Waals surface area contributed by atoms with Crippen molar-refractivity contribution in [2.45, 2.75) is 33.5 Å². The van der Waals surface area contributed by atoms with E-state index in [1.165, 1.54) is 16.7 Å². The molecule has 0 saturated carbocycles. The Kier molecular flexibility index (Phi) is 3.32. The van der Waals surface area contributed by atoms with Crippen molar-refractivity contribution in [2.75, 3.05) is 0 Å². The normalized spacial score (nSPS) is 12.4. The first-order valence-corrected chi connectivity index (χ1v) is 8.73. The van der Waals surface area contributed by atoms with E-state index in [9.17, 15) is 0 Å². The first-order valence-electron chi connectivity index (χ1n) is 5.15. The van der Waals surface area contributed by atoms with Gasteiger partial charge in [-0.1, -0.05) is 55.2 Å². The summed E-state index contributed by atoms with van der Waals surface area (Å²) in [5.74, 6) is 0. The summed E-state index contributed by atoms with van der Waals surface area (Å²) < 4.78 is 0. The van der Waals surface area contributed by atoms with Crippen LogP contribution in [-0.4, -0.2) is 8.07 Å². The first-order chi connectivity index (χ1) is 6.38. The second-order valence-corrected chi connectivity index (χ2v) is 10.1. The number of hydrogen-bond acceptors (Lipinski definition) is 0. The highest BCUT2D eigenvalue weighted by Gasteiger charge is 2.07. The summed E-state index contributed by atoms with van der Waals surface area (Å²) in [6, 6.07) is 6.62. The Morgan fingerprint density at radius 2 is 1.71 bits per heavy atom. The highest BCUT2D eigenvalue weighted by Crippen LogP contribution is 2.14. The molecule has 0 aliphatic heterocycles. The van der Waals surface area contributed by atoms with E-state index >= 15 is 0 Å². The lowest BCUT2D eigenvalue weighted by molar-refractivity contribution is 1.38. The summed E-state index contributed by atoms with van der Waals surface area (Å²) in [5.41, 5.74) is 6.47. The third-order valence-electron chi connectivity index (χ3n) is 2.20. The number of aryl methyl sites for hydroxylation is 2. The number of benzene rings is 1. The summed E-state index contributed by atoms with van der Waals surface area (Å²) in [6.07, 6.45) is 2.29. The molecule has 0 atom stereocenters. The Labute approximate surface area is 88.7 Å². The average molecular weight is 204 g/mol. The van der Waals surface area contributed by atoms with Gasteiger partial charge in [0.15, 0.2) is 0 Å². The predicted molar refractivity (Wildman–Crippen MR) is 68.3 cm³/mol. The molecule has 0 aromatic heterocycles. The second kappa shape index (κ2) is 4.14. The highest BCUT2D eigenvalue weighted by molar-refractivity contribution is 6.81. The Morgan fingerprint density at radius 1 is 1.07 bits per heavy atom. The lowest BCUT2D eigenvalue weighted by Gasteiger charge is -2.09. The molecule has 1 aromatic rings. The van der Waals surface area contributed by atoms with Crippen LogP contribution in [0.4, 0.5) is 0 Å². The summed E-state index contributed by atoms with van der Waals surface area (Å²) in [4.78, 5) is 0. The van der Waals surface area contributed by atoms with E-state index in [0.717, 1.165) is 0 Å². The van der Waals surface area contributed by atoms with Crippen LogP contribution in [-0.2, 0) is 0 Å². The van der Waals surface area contributed by atoms with Crippen LogP contribution in [0.25, 0.3) is 6.08 Å². The van der Waals surface area contributed by atoms with Crippen LogP contribution in [0.3, 0.4) is 0 Å². The molecule has 1 rings (SSSR count). The van der Waals surface area contributed by atoms with Gasteiger partial charge in [-0.15, -0.1) is 0 Å². The predicted octanol–water partition coefficient (Wildman–Crippen LogP) is 4.19. The Morgan fingerprint density at radius 3 is 2.29 bits per heavy atom. The molecule has 0 aliphatic carbocycles. The summed E-state index contributed by atoms with van der Waals surface area (Å²) in [6.45, 7) is 11.4. The Hall–Kier alpha value is -0.823. The minimum atomic E-state index is -1.06. The fourth-order valence-corrected chi connectivity index (χ4v) is 1.96. The molecule has 0 amide bonds. The third-order valence-corrected chi connectivity index (χ3v) is 3.36. The lowest BCUT2D eigenvalue weighted by Crippen LogP contribution is -2.15. The number of rotatable bonds is 2. The fourth-order valence-electron chi connectivity index (χ4n) is 1.28. The quantitative estimate of drug-likeness (QED) is 0.634. The molecule has 0 fully saturated rings. The van der Waals surface area contributed by atoms with E-state index < -0.39 is 8.07 Å².